The fraction of sp³-hybridized carbons (Fsp3) is 0.0909. The largest absolute Gasteiger partial charge is 0.539 e. The summed E-state index contributed by atoms with van der Waals surface area (Å²) in [5.74, 6) is -1.55. The molecule has 98 valence electrons. The molecule has 0 aliphatic rings. The fourth-order valence-electron chi connectivity index (χ4n) is 1.40. The number of nitrogens with one attached hydrogen (secondary N) is 1. The Kier molecular flexibility index (Phi) is 3.42. The average molecular weight is 262 g/mol. The first-order valence-corrected chi connectivity index (χ1v) is 5.28. The van der Waals surface area contributed by atoms with Crippen LogP contribution in [0.25, 0.3) is 0 Å². The molecule has 19 heavy (non-hydrogen) atoms. The summed E-state index contributed by atoms with van der Waals surface area (Å²) >= 11 is 0. The van der Waals surface area contributed by atoms with E-state index < -0.39 is 11.9 Å². The molecule has 8 heteroatoms. The van der Waals surface area contributed by atoms with Crippen LogP contribution >= 0.6 is 0 Å². The Morgan fingerprint density at radius 2 is 2.05 bits per heavy atom. The van der Waals surface area contributed by atoms with Crippen LogP contribution in [0, 0.1) is 0 Å². The molecule has 0 fully saturated rings. The molecular formula is C11H10N4O4. The molecule has 0 atom stereocenters. The van der Waals surface area contributed by atoms with Crippen molar-refractivity contribution < 1.29 is 23.9 Å². The quantitative estimate of drug-likeness (QED) is 0.667. The molecule has 2 aromatic rings. The lowest BCUT2D eigenvalue weighted by Crippen LogP contribution is -2.41. The maximum atomic E-state index is 11.6. The van der Waals surface area contributed by atoms with Gasteiger partial charge in [0.15, 0.2) is 0 Å². The van der Waals surface area contributed by atoms with Crippen LogP contribution in [-0.2, 0) is 11.3 Å². The number of carbonyl (C=O) groups excluding carboxylic acids is 2. The third-order valence-electron chi connectivity index (χ3n) is 2.25. The van der Waals surface area contributed by atoms with Crippen molar-refractivity contribution in [1.82, 2.24) is 5.27 Å². The van der Waals surface area contributed by atoms with Gasteiger partial charge in [0.2, 0.25) is 12.1 Å². The minimum atomic E-state index is -0.626. The predicted molar refractivity (Wildman–Crippen MR) is 59.7 cm³/mol. The van der Waals surface area contributed by atoms with Crippen molar-refractivity contribution in [2.45, 2.75) is 6.54 Å². The van der Waals surface area contributed by atoms with Gasteiger partial charge < -0.3 is 20.7 Å². The summed E-state index contributed by atoms with van der Waals surface area (Å²) in [7, 11) is 0. The maximum absolute atomic E-state index is 11.6. The van der Waals surface area contributed by atoms with Crippen LogP contribution in [0.3, 0.4) is 0 Å². The van der Waals surface area contributed by atoms with Crippen molar-refractivity contribution in [3.05, 3.63) is 36.0 Å². The first-order chi connectivity index (χ1) is 9.04. The first kappa shape index (κ1) is 12.6. The highest BCUT2D eigenvalue weighted by atomic mass is 16.6. The number of primary amides is 1. The second kappa shape index (κ2) is 5.17. The van der Waals surface area contributed by atoms with Gasteiger partial charge in [-0.05, 0) is 24.3 Å². The van der Waals surface area contributed by atoms with E-state index in [-0.39, 0.29) is 12.5 Å². The van der Waals surface area contributed by atoms with Gasteiger partial charge in [-0.2, -0.15) is 0 Å². The third-order valence-corrected chi connectivity index (χ3v) is 2.25. The van der Waals surface area contributed by atoms with E-state index in [2.05, 4.69) is 15.1 Å². The number of carbonyl (C=O) groups is 2. The topological polar surface area (TPSA) is 125 Å². The van der Waals surface area contributed by atoms with Crippen LogP contribution in [0.1, 0.15) is 10.4 Å². The molecular weight excluding hydrogens is 252 g/mol. The van der Waals surface area contributed by atoms with E-state index in [1.807, 2.05) is 0 Å². The van der Waals surface area contributed by atoms with E-state index in [4.69, 9.17) is 5.73 Å². The van der Waals surface area contributed by atoms with Crippen LogP contribution in [-0.4, -0.2) is 17.1 Å². The Balaban J connectivity index is 1.97. The molecule has 2 rings (SSSR count). The minimum absolute atomic E-state index is 0.149. The molecule has 3 N–H and O–H groups in total. The van der Waals surface area contributed by atoms with Crippen LogP contribution in [0.5, 0.6) is 5.95 Å². The summed E-state index contributed by atoms with van der Waals surface area (Å²) in [5.41, 5.74) is 5.94. The summed E-state index contributed by atoms with van der Waals surface area (Å²) in [5, 5.41) is 16.6. The summed E-state index contributed by atoms with van der Waals surface area (Å²) in [6.45, 7) is -0.149. The highest BCUT2D eigenvalue weighted by molar-refractivity contribution is 5.94. The van der Waals surface area contributed by atoms with Crippen molar-refractivity contribution in [3.63, 3.8) is 0 Å². The molecule has 1 aromatic carbocycles. The molecule has 0 saturated carbocycles. The number of hydrogen-bond acceptors (Lipinski definition) is 5. The van der Waals surface area contributed by atoms with Gasteiger partial charge in [0.1, 0.15) is 5.95 Å². The molecule has 0 bridgehead atoms. The van der Waals surface area contributed by atoms with Crippen molar-refractivity contribution in [1.29, 1.82) is 0 Å². The van der Waals surface area contributed by atoms with E-state index in [0.717, 1.165) is 10.9 Å². The molecule has 8 nitrogen and oxygen atoms in total. The molecule has 0 spiro atoms. The van der Waals surface area contributed by atoms with Gasteiger partial charge in [0.25, 0.3) is 12.5 Å². The van der Waals surface area contributed by atoms with E-state index in [1.165, 1.54) is 12.1 Å². The lowest BCUT2D eigenvalue weighted by Gasteiger charge is -2.02. The Bertz CT molecular complexity index is 605. The monoisotopic (exact) mass is 262 g/mol. The van der Waals surface area contributed by atoms with Crippen LogP contribution in [0.15, 0.2) is 35.0 Å². The number of benzene rings is 1. The summed E-state index contributed by atoms with van der Waals surface area (Å²) in [6.07, 6.45) is 1.07. The van der Waals surface area contributed by atoms with E-state index in [9.17, 15) is 14.7 Å². The van der Waals surface area contributed by atoms with Crippen LogP contribution < -0.4 is 20.8 Å². The highest BCUT2D eigenvalue weighted by Gasteiger charge is 2.12. The van der Waals surface area contributed by atoms with Gasteiger partial charge in [-0.3, -0.25) is 9.59 Å². The molecule has 0 unspecified atom stereocenters. The summed E-state index contributed by atoms with van der Waals surface area (Å²) in [6, 6.07) is 6.09. The van der Waals surface area contributed by atoms with E-state index in [0.29, 0.717) is 11.3 Å². The zero-order valence-electron chi connectivity index (χ0n) is 9.70. The molecule has 1 heterocycles. The summed E-state index contributed by atoms with van der Waals surface area (Å²) in [4.78, 5) is 22.5. The SMILES string of the molecule is NC(=O)c1ccc(NC(=O)C[n+]2cc([O-])on2)cc1. The van der Waals surface area contributed by atoms with E-state index in [1.54, 1.807) is 12.1 Å². The predicted octanol–water partition coefficient (Wildman–Crippen LogP) is -1.23. The maximum Gasteiger partial charge on any atom is 0.292 e. The number of nitrogens with zero attached hydrogens (tertiary/aromatic N) is 2. The number of anilines is 1. The molecule has 0 aliphatic carbocycles. The number of nitrogens with two attached hydrogens (primary N) is 1. The Hall–Kier alpha value is -2.90. The standard InChI is InChI=1S/C11H10N4O4/c12-11(18)7-1-3-8(4-2-7)13-9(16)5-15-6-10(17)19-14-15/h1-4,6H,5H2,(H3-,12,13,14,16,17,18). The fourth-order valence-corrected chi connectivity index (χ4v) is 1.40. The van der Waals surface area contributed by atoms with Gasteiger partial charge in [0, 0.05) is 11.3 Å². The number of rotatable bonds is 4. The second-order valence-corrected chi connectivity index (χ2v) is 3.71. The second-order valence-electron chi connectivity index (χ2n) is 3.71. The number of amides is 2. The van der Waals surface area contributed by atoms with Gasteiger partial charge in [0.05, 0.1) is 5.27 Å². The van der Waals surface area contributed by atoms with Gasteiger partial charge in [-0.1, -0.05) is 4.68 Å². The molecule has 1 aromatic heterocycles. The van der Waals surface area contributed by atoms with Gasteiger partial charge in [-0.25, -0.2) is 0 Å². The Morgan fingerprint density at radius 1 is 1.37 bits per heavy atom. The third kappa shape index (κ3) is 3.28. The lowest BCUT2D eigenvalue weighted by molar-refractivity contribution is -0.750. The highest BCUT2D eigenvalue weighted by Crippen LogP contribution is 2.08. The molecule has 0 saturated heterocycles. The zero-order valence-corrected chi connectivity index (χ0v) is 9.70. The number of aromatic nitrogens is 2. The van der Waals surface area contributed by atoms with Crippen LogP contribution in [0.2, 0.25) is 0 Å². The Morgan fingerprint density at radius 3 is 2.58 bits per heavy atom. The van der Waals surface area contributed by atoms with Crippen molar-refractivity contribution in [2.24, 2.45) is 5.73 Å². The normalized spacial score (nSPS) is 10.1. The smallest absolute Gasteiger partial charge is 0.292 e. The first-order valence-electron chi connectivity index (χ1n) is 5.28. The Labute approximate surface area is 107 Å². The van der Waals surface area contributed by atoms with Crippen molar-refractivity contribution >= 4 is 17.5 Å². The van der Waals surface area contributed by atoms with Crippen LogP contribution in [0.4, 0.5) is 5.69 Å². The van der Waals surface area contributed by atoms with Crippen molar-refractivity contribution in [3.8, 4) is 5.95 Å². The minimum Gasteiger partial charge on any atom is -0.539 e. The van der Waals surface area contributed by atoms with Gasteiger partial charge in [-0.15, -0.1) is 0 Å². The number of hydrogen-bond donors (Lipinski definition) is 2. The van der Waals surface area contributed by atoms with Gasteiger partial charge >= 0.3 is 0 Å². The molecule has 0 radical (unpaired) electrons. The van der Waals surface area contributed by atoms with Crippen molar-refractivity contribution in [2.75, 3.05) is 5.32 Å². The van der Waals surface area contributed by atoms with E-state index >= 15 is 0 Å². The average Bonchev–Trinajstić information content (AvgIpc) is 2.75. The molecule has 0 aliphatic heterocycles. The lowest BCUT2D eigenvalue weighted by atomic mass is 10.2. The molecule has 2 amide bonds. The zero-order chi connectivity index (χ0) is 13.8. The summed E-state index contributed by atoms with van der Waals surface area (Å²) < 4.78 is 5.36.